The van der Waals surface area contributed by atoms with E-state index in [1.165, 1.54) is 6.20 Å². The lowest BCUT2D eigenvalue weighted by Gasteiger charge is -2.04. The zero-order valence-electron chi connectivity index (χ0n) is 10.3. The maximum atomic E-state index is 11.8. The second-order valence-electron chi connectivity index (χ2n) is 3.65. The SMILES string of the molecule is NC(=O)CCNC(=O)c1ncccc1C#CCCO. The second-order valence-corrected chi connectivity index (χ2v) is 3.65. The van der Waals surface area contributed by atoms with Crippen molar-refractivity contribution in [1.29, 1.82) is 0 Å². The number of nitrogens with zero attached hydrogens (tertiary/aromatic N) is 1. The van der Waals surface area contributed by atoms with E-state index in [-0.39, 0.29) is 25.3 Å². The van der Waals surface area contributed by atoms with Crippen molar-refractivity contribution < 1.29 is 14.7 Å². The molecule has 0 atom stereocenters. The normalized spacial score (nSPS) is 9.32. The molecule has 4 N–H and O–H groups in total. The third-order valence-electron chi connectivity index (χ3n) is 2.14. The zero-order chi connectivity index (χ0) is 14.1. The highest BCUT2D eigenvalue weighted by Crippen LogP contribution is 2.03. The molecule has 0 radical (unpaired) electrons. The summed E-state index contributed by atoms with van der Waals surface area (Å²) in [6.07, 6.45) is 1.89. The molecule has 0 saturated heterocycles. The minimum Gasteiger partial charge on any atom is -0.395 e. The zero-order valence-corrected chi connectivity index (χ0v) is 10.3. The summed E-state index contributed by atoms with van der Waals surface area (Å²) >= 11 is 0. The Balaban J connectivity index is 2.74. The average molecular weight is 261 g/mol. The summed E-state index contributed by atoms with van der Waals surface area (Å²) in [7, 11) is 0. The minimum absolute atomic E-state index is 0.0343. The van der Waals surface area contributed by atoms with E-state index in [0.717, 1.165) is 0 Å². The molecule has 1 aromatic rings. The number of hydrogen-bond acceptors (Lipinski definition) is 4. The van der Waals surface area contributed by atoms with Gasteiger partial charge in [0.2, 0.25) is 5.91 Å². The minimum atomic E-state index is -0.482. The molecule has 1 aromatic heterocycles. The lowest BCUT2D eigenvalue weighted by atomic mass is 10.2. The smallest absolute Gasteiger partial charge is 0.271 e. The van der Waals surface area contributed by atoms with Crippen LogP contribution in [0.3, 0.4) is 0 Å². The Bertz CT molecular complexity index is 517. The van der Waals surface area contributed by atoms with Gasteiger partial charge in [-0.15, -0.1) is 0 Å². The van der Waals surface area contributed by atoms with Crippen LogP contribution < -0.4 is 11.1 Å². The molecular weight excluding hydrogens is 246 g/mol. The summed E-state index contributed by atoms with van der Waals surface area (Å²) in [6.45, 7) is 0.127. The maximum absolute atomic E-state index is 11.8. The Morgan fingerprint density at radius 2 is 2.26 bits per heavy atom. The van der Waals surface area contributed by atoms with E-state index >= 15 is 0 Å². The van der Waals surface area contributed by atoms with Crippen LogP contribution in [0.2, 0.25) is 0 Å². The molecule has 2 amide bonds. The fraction of sp³-hybridized carbons (Fsp3) is 0.308. The third kappa shape index (κ3) is 5.19. The first-order chi connectivity index (χ1) is 9.15. The van der Waals surface area contributed by atoms with Crippen molar-refractivity contribution in [1.82, 2.24) is 10.3 Å². The summed E-state index contributed by atoms with van der Waals surface area (Å²) in [4.78, 5) is 26.4. The second kappa shape index (κ2) is 7.84. The van der Waals surface area contributed by atoms with Crippen LogP contribution in [0.5, 0.6) is 0 Å². The lowest BCUT2D eigenvalue weighted by Crippen LogP contribution is -2.29. The number of primary amides is 1. The van der Waals surface area contributed by atoms with E-state index < -0.39 is 11.8 Å². The summed E-state index contributed by atoms with van der Waals surface area (Å²) in [5.74, 6) is 4.61. The van der Waals surface area contributed by atoms with E-state index in [1.54, 1.807) is 12.1 Å². The molecule has 0 unspecified atom stereocenters. The number of hydrogen-bond donors (Lipinski definition) is 3. The highest BCUT2D eigenvalue weighted by molar-refractivity contribution is 5.94. The van der Waals surface area contributed by atoms with Crippen molar-refractivity contribution in [3.63, 3.8) is 0 Å². The lowest BCUT2D eigenvalue weighted by molar-refractivity contribution is -0.117. The van der Waals surface area contributed by atoms with Crippen LogP contribution in [0, 0.1) is 11.8 Å². The number of carbonyl (C=O) groups excluding carboxylic acids is 2. The molecule has 0 aliphatic rings. The van der Waals surface area contributed by atoms with Crippen LogP contribution in [-0.2, 0) is 4.79 Å². The first kappa shape index (κ1) is 14.7. The van der Waals surface area contributed by atoms with Gasteiger partial charge in [0, 0.05) is 25.6 Å². The molecule has 1 heterocycles. The number of aromatic nitrogens is 1. The average Bonchev–Trinajstić information content (AvgIpc) is 2.39. The predicted molar refractivity (Wildman–Crippen MR) is 69.0 cm³/mol. The van der Waals surface area contributed by atoms with E-state index in [4.69, 9.17) is 10.8 Å². The van der Waals surface area contributed by atoms with Crippen LogP contribution in [0.25, 0.3) is 0 Å². The number of rotatable bonds is 5. The Hall–Kier alpha value is -2.39. The van der Waals surface area contributed by atoms with Crippen LogP contribution in [0.15, 0.2) is 18.3 Å². The molecule has 0 fully saturated rings. The molecule has 6 heteroatoms. The van der Waals surface area contributed by atoms with Crippen molar-refractivity contribution in [2.24, 2.45) is 5.73 Å². The largest absolute Gasteiger partial charge is 0.395 e. The topological polar surface area (TPSA) is 105 Å². The van der Waals surface area contributed by atoms with Gasteiger partial charge in [-0.3, -0.25) is 9.59 Å². The molecule has 6 nitrogen and oxygen atoms in total. The highest BCUT2D eigenvalue weighted by atomic mass is 16.2. The van der Waals surface area contributed by atoms with Gasteiger partial charge in [-0.2, -0.15) is 0 Å². The molecule has 0 aliphatic carbocycles. The third-order valence-corrected chi connectivity index (χ3v) is 2.14. The van der Waals surface area contributed by atoms with Crippen molar-refractivity contribution in [3.8, 4) is 11.8 Å². The van der Waals surface area contributed by atoms with Crippen LogP contribution in [0.1, 0.15) is 28.9 Å². The van der Waals surface area contributed by atoms with Crippen molar-refractivity contribution in [2.75, 3.05) is 13.2 Å². The molecule has 0 saturated carbocycles. The predicted octanol–water partition coefficient (Wildman–Crippen LogP) is -0.579. The number of aliphatic hydroxyl groups is 1. The van der Waals surface area contributed by atoms with Gasteiger partial charge < -0.3 is 16.2 Å². The number of carbonyl (C=O) groups is 2. The van der Waals surface area contributed by atoms with Gasteiger partial charge in [-0.1, -0.05) is 11.8 Å². The molecule has 1 rings (SSSR count). The van der Waals surface area contributed by atoms with Crippen LogP contribution >= 0.6 is 0 Å². The van der Waals surface area contributed by atoms with Gasteiger partial charge in [0.15, 0.2) is 0 Å². The van der Waals surface area contributed by atoms with Gasteiger partial charge in [-0.05, 0) is 12.1 Å². The van der Waals surface area contributed by atoms with Gasteiger partial charge in [0.1, 0.15) is 5.69 Å². The summed E-state index contributed by atoms with van der Waals surface area (Å²) in [5.41, 5.74) is 5.65. The van der Waals surface area contributed by atoms with E-state index in [1.807, 2.05) is 0 Å². The fourth-order valence-corrected chi connectivity index (χ4v) is 1.28. The monoisotopic (exact) mass is 261 g/mol. The van der Waals surface area contributed by atoms with Crippen molar-refractivity contribution in [3.05, 3.63) is 29.6 Å². The van der Waals surface area contributed by atoms with Crippen molar-refractivity contribution in [2.45, 2.75) is 12.8 Å². The first-order valence-corrected chi connectivity index (χ1v) is 5.76. The molecule has 0 aliphatic heterocycles. The van der Waals surface area contributed by atoms with Gasteiger partial charge in [-0.25, -0.2) is 4.98 Å². The Morgan fingerprint density at radius 3 is 2.95 bits per heavy atom. The molecule has 19 heavy (non-hydrogen) atoms. The van der Waals surface area contributed by atoms with Gasteiger partial charge >= 0.3 is 0 Å². The van der Waals surface area contributed by atoms with E-state index in [2.05, 4.69) is 22.1 Å². The Morgan fingerprint density at radius 1 is 1.47 bits per heavy atom. The number of pyridine rings is 1. The molecule has 0 bridgehead atoms. The number of nitrogens with one attached hydrogen (secondary N) is 1. The maximum Gasteiger partial charge on any atom is 0.271 e. The molecule has 100 valence electrons. The Labute approximate surface area is 111 Å². The summed E-state index contributed by atoms with van der Waals surface area (Å²) in [5, 5.41) is 11.2. The molecule has 0 aromatic carbocycles. The number of amides is 2. The van der Waals surface area contributed by atoms with E-state index in [9.17, 15) is 9.59 Å². The number of aliphatic hydroxyl groups excluding tert-OH is 1. The summed E-state index contributed by atoms with van der Waals surface area (Å²) in [6, 6.07) is 3.34. The van der Waals surface area contributed by atoms with Crippen molar-refractivity contribution >= 4 is 11.8 Å². The quantitative estimate of drug-likeness (QED) is 0.617. The van der Waals surface area contributed by atoms with Crippen LogP contribution in [0.4, 0.5) is 0 Å². The standard InChI is InChI=1S/C13H15N3O3/c14-11(18)6-8-16-13(19)12-10(4-1-2-9-17)5-3-7-15-12/h3,5,7,17H,2,6,8-9H2,(H2,14,18)(H,16,19). The van der Waals surface area contributed by atoms with Gasteiger partial charge in [0.05, 0.1) is 12.2 Å². The Kier molecular flexibility index (Phi) is 6.06. The molecule has 0 spiro atoms. The highest BCUT2D eigenvalue weighted by Gasteiger charge is 2.10. The number of nitrogens with two attached hydrogens (primary N) is 1. The van der Waals surface area contributed by atoms with Gasteiger partial charge in [0.25, 0.3) is 5.91 Å². The first-order valence-electron chi connectivity index (χ1n) is 5.76. The fourth-order valence-electron chi connectivity index (χ4n) is 1.28. The van der Waals surface area contributed by atoms with E-state index in [0.29, 0.717) is 12.0 Å². The molecular formula is C13H15N3O3. The summed E-state index contributed by atoms with van der Waals surface area (Å²) < 4.78 is 0. The van der Waals surface area contributed by atoms with Crippen LogP contribution in [-0.4, -0.2) is 35.1 Å².